The van der Waals surface area contributed by atoms with Gasteiger partial charge in [0.05, 0.1) is 9.73 Å². The predicted octanol–water partition coefficient (Wildman–Crippen LogP) is 6.67. The fraction of sp³-hybridized carbons (Fsp3) is 0.567. The Bertz CT molecular complexity index is 1600. The number of hydrogen-bond acceptors (Lipinski definition) is 7. The molecule has 3 fully saturated rings. The van der Waals surface area contributed by atoms with Crippen LogP contribution in [0.25, 0.3) is 11.0 Å². The molecule has 0 amide bonds. The van der Waals surface area contributed by atoms with E-state index in [1.165, 1.54) is 0 Å². The molecule has 2 N–H and O–H groups in total. The maximum Gasteiger partial charge on any atom is 0.271 e. The minimum absolute atomic E-state index is 0.0840. The van der Waals surface area contributed by atoms with E-state index in [1.54, 1.807) is 16.8 Å². The number of benzene rings is 1. The van der Waals surface area contributed by atoms with Crippen LogP contribution in [-0.2, 0) is 9.73 Å². The van der Waals surface area contributed by atoms with E-state index in [-0.39, 0.29) is 27.3 Å². The molecule has 2 aromatic heterocycles. The molecule has 8 nitrogen and oxygen atoms in total. The summed E-state index contributed by atoms with van der Waals surface area (Å²) in [5.41, 5.74) is 2.31. The number of halogens is 1. The first-order valence-corrected chi connectivity index (χ1v) is 16.5. The van der Waals surface area contributed by atoms with Gasteiger partial charge in [-0.05, 0) is 108 Å². The minimum Gasteiger partial charge on any atom is -0.324 e. The van der Waals surface area contributed by atoms with Gasteiger partial charge >= 0.3 is 0 Å². The van der Waals surface area contributed by atoms with Crippen molar-refractivity contribution in [2.45, 2.75) is 94.4 Å². The zero-order chi connectivity index (χ0) is 28.2. The number of likely N-dealkylation sites (tertiary alicyclic amines) is 1. The van der Waals surface area contributed by atoms with Gasteiger partial charge in [0.1, 0.15) is 10.7 Å². The van der Waals surface area contributed by atoms with E-state index in [0.29, 0.717) is 22.5 Å². The van der Waals surface area contributed by atoms with Crippen molar-refractivity contribution in [1.29, 1.82) is 4.78 Å². The lowest BCUT2D eigenvalue weighted by Crippen LogP contribution is -2.52. The Morgan fingerprint density at radius 2 is 1.85 bits per heavy atom. The normalized spacial score (nSPS) is 21.6. The number of nitrogens with one attached hydrogen (secondary N) is 2. The third kappa shape index (κ3) is 4.94. The molecule has 10 heteroatoms. The molecule has 3 aliphatic rings. The summed E-state index contributed by atoms with van der Waals surface area (Å²) in [6, 6.07) is 7.85. The lowest BCUT2D eigenvalue weighted by atomic mass is 9.63. The van der Waals surface area contributed by atoms with Gasteiger partial charge in [-0.1, -0.05) is 24.4 Å². The maximum absolute atomic E-state index is 13.7. The van der Waals surface area contributed by atoms with Gasteiger partial charge in [0.2, 0.25) is 5.95 Å². The maximum atomic E-state index is 13.7. The Hall–Kier alpha value is -2.49. The van der Waals surface area contributed by atoms with E-state index in [1.807, 2.05) is 25.1 Å². The average molecular weight is 583 g/mol. The molecule has 1 unspecified atom stereocenters. The van der Waals surface area contributed by atoms with Crippen LogP contribution in [0.1, 0.15) is 76.8 Å². The first-order valence-electron chi connectivity index (χ1n) is 14.5. The highest BCUT2D eigenvalue weighted by molar-refractivity contribution is 7.93. The van der Waals surface area contributed by atoms with Crippen molar-refractivity contribution in [3.05, 3.63) is 51.4 Å². The summed E-state index contributed by atoms with van der Waals surface area (Å²) in [6.07, 6.45) is 9.81. The Kier molecular flexibility index (Phi) is 7.20. The third-order valence-corrected chi connectivity index (χ3v) is 12.1. The topological polar surface area (TPSA) is 104 Å². The summed E-state index contributed by atoms with van der Waals surface area (Å²) in [6.45, 7) is 8.64. The highest BCUT2D eigenvalue weighted by Gasteiger charge is 2.49. The van der Waals surface area contributed by atoms with Crippen molar-refractivity contribution in [2.75, 3.05) is 18.4 Å². The van der Waals surface area contributed by atoms with Gasteiger partial charge in [0.25, 0.3) is 5.56 Å². The number of aryl methyl sites for hydroxylation is 1. The smallest absolute Gasteiger partial charge is 0.271 e. The number of nitrogens with zero attached hydrogens (tertiary/aromatic N) is 4. The lowest BCUT2D eigenvalue weighted by Gasteiger charge is -2.53. The van der Waals surface area contributed by atoms with Gasteiger partial charge in [-0.3, -0.25) is 9.36 Å². The Morgan fingerprint density at radius 3 is 2.50 bits per heavy atom. The summed E-state index contributed by atoms with van der Waals surface area (Å²) in [7, 11) is -2.90. The number of anilines is 2. The molecule has 3 heterocycles. The summed E-state index contributed by atoms with van der Waals surface area (Å²) in [4.78, 5) is 25.3. The van der Waals surface area contributed by atoms with Crippen LogP contribution in [0.2, 0.25) is 5.02 Å². The van der Waals surface area contributed by atoms with Crippen LogP contribution in [0.15, 0.2) is 40.2 Å². The number of rotatable bonds is 6. The summed E-state index contributed by atoms with van der Waals surface area (Å²) < 4.78 is 24.3. The molecule has 3 aromatic rings. The highest BCUT2D eigenvalue weighted by atomic mass is 35.5. The van der Waals surface area contributed by atoms with Crippen LogP contribution in [0.4, 0.5) is 11.6 Å². The third-order valence-electron chi connectivity index (χ3n) is 9.59. The van der Waals surface area contributed by atoms with Gasteiger partial charge in [-0.15, -0.1) is 0 Å². The van der Waals surface area contributed by atoms with Crippen molar-refractivity contribution in [3.63, 3.8) is 0 Å². The van der Waals surface area contributed by atoms with E-state index >= 15 is 0 Å². The van der Waals surface area contributed by atoms with Gasteiger partial charge in [0, 0.05) is 39.5 Å². The van der Waals surface area contributed by atoms with Crippen molar-refractivity contribution in [2.24, 2.45) is 5.41 Å². The summed E-state index contributed by atoms with van der Waals surface area (Å²) in [5, 5.41) is 4.12. The fourth-order valence-corrected chi connectivity index (χ4v) is 9.38. The predicted molar refractivity (Wildman–Crippen MR) is 161 cm³/mol. The van der Waals surface area contributed by atoms with Gasteiger partial charge < -0.3 is 10.2 Å². The molecule has 1 saturated heterocycles. The molecule has 1 aliphatic heterocycles. The number of fused-ring (bicyclic) bond motifs is 1. The molecule has 1 aromatic carbocycles. The Morgan fingerprint density at radius 1 is 1.15 bits per heavy atom. The van der Waals surface area contributed by atoms with Crippen molar-refractivity contribution >= 4 is 44.0 Å². The minimum atomic E-state index is -2.90. The number of piperidine rings is 1. The van der Waals surface area contributed by atoms with Crippen molar-refractivity contribution < 1.29 is 4.21 Å². The zero-order valence-electron chi connectivity index (χ0n) is 23.6. The largest absolute Gasteiger partial charge is 0.324 e. The highest BCUT2D eigenvalue weighted by Crippen LogP contribution is 2.53. The molecule has 0 bridgehead atoms. The molecular formula is C30H39ClN6O2S. The number of hydrogen-bond donors (Lipinski definition) is 2. The second kappa shape index (κ2) is 10.4. The van der Waals surface area contributed by atoms with Crippen LogP contribution in [0, 0.1) is 17.1 Å². The van der Waals surface area contributed by atoms with E-state index in [4.69, 9.17) is 21.4 Å². The second-order valence-electron chi connectivity index (χ2n) is 12.4. The van der Waals surface area contributed by atoms with E-state index in [9.17, 15) is 9.00 Å². The lowest BCUT2D eigenvalue weighted by molar-refractivity contribution is 0.0253. The van der Waals surface area contributed by atoms with E-state index < -0.39 is 9.73 Å². The van der Waals surface area contributed by atoms with Gasteiger partial charge in [-0.2, -0.15) is 4.98 Å². The van der Waals surface area contributed by atoms with Crippen LogP contribution in [-0.4, -0.2) is 48.0 Å². The monoisotopic (exact) mass is 582 g/mol. The van der Waals surface area contributed by atoms with Crippen LogP contribution in [0.5, 0.6) is 0 Å². The van der Waals surface area contributed by atoms with Crippen LogP contribution < -0.4 is 10.9 Å². The SMILES string of the molecule is Cc1cc(S(=N)(=O)C2CC3(CCN(C(C)C)CC3)C2)ccc1Nc1ncc2cc(Cl)c(=O)n(C3CCCC3)c2n1. The molecule has 0 radical (unpaired) electrons. The summed E-state index contributed by atoms with van der Waals surface area (Å²) >= 11 is 6.26. The van der Waals surface area contributed by atoms with Gasteiger partial charge in [-0.25, -0.2) is 14.0 Å². The average Bonchev–Trinajstić information content (AvgIpc) is 3.44. The Balaban J connectivity index is 1.20. The van der Waals surface area contributed by atoms with Crippen LogP contribution >= 0.6 is 11.6 Å². The van der Waals surface area contributed by atoms with E-state index in [0.717, 1.165) is 81.1 Å². The van der Waals surface area contributed by atoms with Crippen molar-refractivity contribution in [3.8, 4) is 0 Å². The molecule has 214 valence electrons. The fourth-order valence-electron chi connectivity index (χ4n) is 6.99. The Labute approximate surface area is 241 Å². The molecule has 2 saturated carbocycles. The molecular weight excluding hydrogens is 544 g/mol. The molecule has 40 heavy (non-hydrogen) atoms. The molecule has 1 spiro atoms. The van der Waals surface area contributed by atoms with Crippen molar-refractivity contribution in [1.82, 2.24) is 19.4 Å². The number of aromatic nitrogens is 3. The first-order chi connectivity index (χ1) is 19.1. The molecule has 1 atom stereocenters. The van der Waals surface area contributed by atoms with Crippen LogP contribution in [0.3, 0.4) is 0 Å². The number of pyridine rings is 1. The quantitative estimate of drug-likeness (QED) is 0.336. The van der Waals surface area contributed by atoms with Gasteiger partial charge in [0.15, 0.2) is 0 Å². The van der Waals surface area contributed by atoms with E-state index in [2.05, 4.69) is 29.0 Å². The summed E-state index contributed by atoms with van der Waals surface area (Å²) in [5.74, 6) is 0.386. The zero-order valence-corrected chi connectivity index (χ0v) is 25.2. The standard InChI is InChI=1S/C30H39ClN6O2S/c1-19(2)36-12-10-30(11-13-36)16-24(17-30)40(32,39)23-8-9-26(20(3)14-23)34-29-33-18-21-15-25(31)28(38)37(27(21)35-29)22-6-4-5-7-22/h8-9,14-15,18-19,22,24,32H,4-7,10-13,16-17H2,1-3H3,(H,33,34,35). The molecule has 6 rings (SSSR count). The second-order valence-corrected chi connectivity index (χ2v) is 15.2. The molecule has 2 aliphatic carbocycles. The first kappa shape index (κ1) is 27.7.